The van der Waals surface area contributed by atoms with Crippen LogP contribution < -0.4 is 10.6 Å². The van der Waals surface area contributed by atoms with Crippen LogP contribution in [0.15, 0.2) is 0 Å². The van der Waals surface area contributed by atoms with Gasteiger partial charge < -0.3 is 20.5 Å². The lowest BCUT2D eigenvalue weighted by molar-refractivity contribution is -0.139. The summed E-state index contributed by atoms with van der Waals surface area (Å²) in [4.78, 5) is 22.7. The van der Waals surface area contributed by atoms with Crippen LogP contribution in [0.1, 0.15) is 40.5 Å². The lowest BCUT2D eigenvalue weighted by Crippen LogP contribution is -2.59. The lowest BCUT2D eigenvalue weighted by atomic mass is 9.87. The Morgan fingerprint density at radius 3 is 2.40 bits per heavy atom. The van der Waals surface area contributed by atoms with Crippen molar-refractivity contribution in [3.8, 4) is 0 Å². The van der Waals surface area contributed by atoms with E-state index in [0.29, 0.717) is 6.42 Å². The zero-order valence-corrected chi connectivity index (χ0v) is 12.8. The molecule has 20 heavy (non-hydrogen) atoms. The number of aliphatic carboxylic acids is 1. The van der Waals surface area contributed by atoms with Gasteiger partial charge in [-0.15, -0.1) is 0 Å². The van der Waals surface area contributed by atoms with Crippen molar-refractivity contribution in [2.45, 2.75) is 52.2 Å². The molecule has 0 saturated carbocycles. The Morgan fingerprint density at radius 1 is 1.40 bits per heavy atom. The Balaban J connectivity index is 2.42. The zero-order valence-electron chi connectivity index (χ0n) is 12.8. The van der Waals surface area contributed by atoms with E-state index in [2.05, 4.69) is 10.6 Å². The fraction of sp³-hybridized carbons (Fsp3) is 0.857. The average Bonchev–Trinajstić information content (AvgIpc) is 2.20. The second kappa shape index (κ2) is 6.54. The van der Waals surface area contributed by atoms with Gasteiger partial charge in [-0.1, -0.05) is 20.8 Å². The van der Waals surface area contributed by atoms with Crippen molar-refractivity contribution < 1.29 is 19.4 Å². The van der Waals surface area contributed by atoms with Crippen molar-refractivity contribution in [1.29, 1.82) is 0 Å². The van der Waals surface area contributed by atoms with E-state index >= 15 is 0 Å². The molecule has 1 rings (SSSR count). The molecule has 0 radical (unpaired) electrons. The van der Waals surface area contributed by atoms with Gasteiger partial charge in [-0.3, -0.25) is 9.59 Å². The predicted octanol–water partition coefficient (Wildman–Crippen LogP) is 0.761. The molecule has 6 nitrogen and oxygen atoms in total. The summed E-state index contributed by atoms with van der Waals surface area (Å²) in [6.07, 6.45) is 0.547. The number of amides is 1. The van der Waals surface area contributed by atoms with Crippen molar-refractivity contribution in [3.05, 3.63) is 0 Å². The largest absolute Gasteiger partial charge is 0.481 e. The van der Waals surface area contributed by atoms with Crippen molar-refractivity contribution >= 4 is 11.9 Å². The highest BCUT2D eigenvalue weighted by Crippen LogP contribution is 2.22. The van der Waals surface area contributed by atoms with Crippen molar-refractivity contribution in [1.82, 2.24) is 10.6 Å². The second-order valence-electron chi connectivity index (χ2n) is 6.97. The molecule has 0 aromatic heterocycles. The summed E-state index contributed by atoms with van der Waals surface area (Å²) in [6, 6.07) is -0.365. The Bertz CT molecular complexity index is 359. The fourth-order valence-electron chi connectivity index (χ4n) is 2.21. The van der Waals surface area contributed by atoms with Crippen LogP contribution in [-0.4, -0.2) is 48.3 Å². The first-order chi connectivity index (χ1) is 9.10. The molecule has 6 heteroatoms. The highest BCUT2D eigenvalue weighted by Gasteiger charge is 2.33. The van der Waals surface area contributed by atoms with Gasteiger partial charge in [0.2, 0.25) is 5.91 Å². The first-order valence-electron chi connectivity index (χ1n) is 6.95. The average molecular weight is 286 g/mol. The maximum atomic E-state index is 11.9. The molecule has 1 amide bonds. The molecule has 1 aliphatic heterocycles. The molecule has 1 heterocycles. The summed E-state index contributed by atoms with van der Waals surface area (Å²) in [7, 11) is 0. The summed E-state index contributed by atoms with van der Waals surface area (Å²) in [6.45, 7) is 9.45. The van der Waals surface area contributed by atoms with Crippen LogP contribution in [-0.2, 0) is 14.3 Å². The number of hydrogen-bond donors (Lipinski definition) is 3. The molecular weight excluding hydrogens is 260 g/mol. The highest BCUT2D eigenvalue weighted by molar-refractivity contribution is 5.78. The van der Waals surface area contributed by atoms with Gasteiger partial charge in [0.05, 0.1) is 12.0 Å². The molecule has 1 unspecified atom stereocenters. The summed E-state index contributed by atoms with van der Waals surface area (Å²) in [5.41, 5.74) is -0.318. The Kier molecular flexibility index (Phi) is 5.53. The molecule has 1 fully saturated rings. The first-order valence-corrected chi connectivity index (χ1v) is 6.95. The summed E-state index contributed by atoms with van der Waals surface area (Å²) < 4.78 is 5.54. The minimum Gasteiger partial charge on any atom is -0.481 e. The number of ether oxygens (including phenoxy) is 1. The molecule has 3 N–H and O–H groups in total. The van der Waals surface area contributed by atoms with E-state index < -0.39 is 5.97 Å². The van der Waals surface area contributed by atoms with Crippen LogP contribution in [0.5, 0.6) is 0 Å². The van der Waals surface area contributed by atoms with Crippen molar-refractivity contribution in [2.75, 3.05) is 19.7 Å². The van der Waals surface area contributed by atoms with Gasteiger partial charge in [-0.05, 0) is 18.8 Å². The molecular formula is C14H26N2O4. The van der Waals surface area contributed by atoms with Crippen LogP contribution >= 0.6 is 0 Å². The molecule has 1 saturated heterocycles. The molecule has 116 valence electrons. The third-order valence-electron chi connectivity index (χ3n) is 3.19. The van der Waals surface area contributed by atoms with Crippen LogP contribution in [0.3, 0.4) is 0 Å². The predicted molar refractivity (Wildman–Crippen MR) is 75.5 cm³/mol. The number of carboxylic acid groups (broad SMARTS) is 1. The maximum absolute atomic E-state index is 11.9. The van der Waals surface area contributed by atoms with E-state index in [1.54, 1.807) is 0 Å². The smallest absolute Gasteiger partial charge is 0.305 e. The topological polar surface area (TPSA) is 87.7 Å². The molecule has 0 aromatic carbocycles. The van der Waals surface area contributed by atoms with Gasteiger partial charge in [0.1, 0.15) is 6.61 Å². The van der Waals surface area contributed by atoms with E-state index in [4.69, 9.17) is 9.84 Å². The van der Waals surface area contributed by atoms with Gasteiger partial charge in [0, 0.05) is 19.1 Å². The standard InChI is InChI=1S/C14H26N2O4/c1-13(2,3)6-10(5-12(18)19)16-11(17)7-20-14(4)8-15-9-14/h10,15H,5-9H2,1-4H3,(H,16,17)(H,18,19). The number of nitrogens with one attached hydrogen (secondary N) is 2. The van der Waals surface area contributed by atoms with Crippen molar-refractivity contribution in [3.63, 3.8) is 0 Å². The number of hydrogen-bond acceptors (Lipinski definition) is 4. The fourth-order valence-corrected chi connectivity index (χ4v) is 2.21. The number of rotatable bonds is 7. The Labute approximate surface area is 120 Å². The Morgan fingerprint density at radius 2 is 2.00 bits per heavy atom. The molecule has 0 aliphatic carbocycles. The molecule has 0 spiro atoms. The third-order valence-corrected chi connectivity index (χ3v) is 3.19. The van der Waals surface area contributed by atoms with Gasteiger partial charge in [0.25, 0.3) is 0 Å². The minimum atomic E-state index is -0.907. The second-order valence-corrected chi connectivity index (χ2v) is 6.97. The van der Waals surface area contributed by atoms with Crippen LogP contribution in [0.2, 0.25) is 0 Å². The number of carboxylic acids is 1. The normalized spacial score (nSPS) is 19.0. The van der Waals surface area contributed by atoms with E-state index in [9.17, 15) is 9.59 Å². The molecule has 1 atom stereocenters. The van der Waals surface area contributed by atoms with Gasteiger partial charge in [0.15, 0.2) is 0 Å². The maximum Gasteiger partial charge on any atom is 0.305 e. The van der Waals surface area contributed by atoms with E-state index in [0.717, 1.165) is 13.1 Å². The highest BCUT2D eigenvalue weighted by atomic mass is 16.5. The first kappa shape index (κ1) is 16.9. The van der Waals surface area contributed by atoms with E-state index in [-0.39, 0.29) is 36.0 Å². The minimum absolute atomic E-state index is 0.0293. The molecule has 0 aromatic rings. The molecule has 1 aliphatic rings. The van der Waals surface area contributed by atoms with E-state index in [1.165, 1.54) is 0 Å². The zero-order chi connectivity index (χ0) is 15.4. The quantitative estimate of drug-likeness (QED) is 0.643. The van der Waals surface area contributed by atoms with E-state index in [1.807, 2.05) is 27.7 Å². The number of carbonyl (C=O) groups is 2. The van der Waals surface area contributed by atoms with Crippen LogP contribution in [0.4, 0.5) is 0 Å². The summed E-state index contributed by atoms with van der Waals surface area (Å²) >= 11 is 0. The number of carbonyl (C=O) groups excluding carboxylic acids is 1. The summed E-state index contributed by atoms with van der Waals surface area (Å²) in [5, 5.41) is 14.8. The van der Waals surface area contributed by atoms with Gasteiger partial charge in [-0.25, -0.2) is 0 Å². The lowest BCUT2D eigenvalue weighted by Gasteiger charge is -2.38. The monoisotopic (exact) mass is 286 g/mol. The third kappa shape index (κ3) is 6.34. The van der Waals surface area contributed by atoms with Crippen LogP contribution in [0.25, 0.3) is 0 Å². The molecule has 0 bridgehead atoms. The Hall–Kier alpha value is -1.14. The SMILES string of the molecule is CC(C)(C)CC(CC(=O)O)NC(=O)COC1(C)CNC1. The van der Waals surface area contributed by atoms with Crippen LogP contribution in [0, 0.1) is 5.41 Å². The van der Waals surface area contributed by atoms with Gasteiger partial charge >= 0.3 is 5.97 Å². The summed E-state index contributed by atoms with van der Waals surface area (Å²) in [5.74, 6) is -1.16. The van der Waals surface area contributed by atoms with Gasteiger partial charge in [-0.2, -0.15) is 0 Å². The van der Waals surface area contributed by atoms with Crippen molar-refractivity contribution in [2.24, 2.45) is 5.41 Å².